The van der Waals surface area contributed by atoms with Gasteiger partial charge in [-0.25, -0.2) is 4.39 Å². The van der Waals surface area contributed by atoms with Crippen molar-refractivity contribution in [2.75, 3.05) is 39.3 Å². The van der Waals surface area contributed by atoms with Crippen LogP contribution in [0.4, 0.5) is 4.39 Å². The number of nitrogens with one attached hydrogen (secondary N) is 1. The van der Waals surface area contributed by atoms with Crippen LogP contribution >= 0.6 is 11.6 Å². The lowest BCUT2D eigenvalue weighted by Gasteiger charge is -2.34. The summed E-state index contributed by atoms with van der Waals surface area (Å²) in [6.45, 7) is 5.44. The summed E-state index contributed by atoms with van der Waals surface area (Å²) in [5.41, 5.74) is 0.309. The van der Waals surface area contributed by atoms with E-state index in [9.17, 15) is 14.0 Å². The predicted octanol–water partition coefficient (Wildman–Crippen LogP) is 2.15. The Morgan fingerprint density at radius 2 is 1.96 bits per heavy atom. The van der Waals surface area contributed by atoms with Crippen LogP contribution in [-0.4, -0.2) is 60.9 Å². The van der Waals surface area contributed by atoms with Gasteiger partial charge >= 0.3 is 0 Å². The first-order valence-corrected chi connectivity index (χ1v) is 8.62. The third-order valence-corrected chi connectivity index (χ3v) is 4.35. The number of benzene rings is 1. The van der Waals surface area contributed by atoms with Gasteiger partial charge in [0, 0.05) is 32.7 Å². The van der Waals surface area contributed by atoms with Crippen molar-refractivity contribution in [3.05, 3.63) is 34.6 Å². The highest BCUT2D eigenvalue weighted by Gasteiger charge is 2.24. The molecule has 1 aliphatic heterocycles. The van der Waals surface area contributed by atoms with Gasteiger partial charge in [0.25, 0.3) is 5.91 Å². The molecular formula is C17H23ClFN3O2. The van der Waals surface area contributed by atoms with Gasteiger partial charge in [-0.15, -0.1) is 0 Å². The Morgan fingerprint density at radius 1 is 1.25 bits per heavy atom. The van der Waals surface area contributed by atoms with E-state index >= 15 is 0 Å². The van der Waals surface area contributed by atoms with Gasteiger partial charge in [-0.05, 0) is 24.6 Å². The van der Waals surface area contributed by atoms with Crippen LogP contribution in [0.15, 0.2) is 18.2 Å². The molecule has 1 heterocycles. The quantitative estimate of drug-likeness (QED) is 0.795. The fourth-order valence-electron chi connectivity index (χ4n) is 2.61. The van der Waals surface area contributed by atoms with Crippen LogP contribution in [0.2, 0.25) is 5.02 Å². The third kappa shape index (κ3) is 5.18. The minimum Gasteiger partial charge on any atom is -0.355 e. The summed E-state index contributed by atoms with van der Waals surface area (Å²) in [4.78, 5) is 28.0. The molecule has 5 nitrogen and oxygen atoms in total. The Morgan fingerprint density at radius 3 is 2.58 bits per heavy atom. The molecule has 0 aliphatic carbocycles. The second-order valence-corrected chi connectivity index (χ2v) is 6.30. The summed E-state index contributed by atoms with van der Waals surface area (Å²) in [7, 11) is 0. The maximum absolute atomic E-state index is 13.1. The number of halogens is 2. The SMILES string of the molecule is CCCCNC(=O)CN1CCN(C(=O)c2ccc(F)cc2Cl)CC1. The molecule has 0 aromatic heterocycles. The number of amides is 2. The highest BCUT2D eigenvalue weighted by atomic mass is 35.5. The molecule has 1 aromatic carbocycles. The van der Waals surface area contributed by atoms with E-state index in [2.05, 4.69) is 12.2 Å². The molecule has 1 saturated heterocycles. The normalized spacial score (nSPS) is 15.4. The number of carbonyl (C=O) groups is 2. The first-order valence-electron chi connectivity index (χ1n) is 8.24. The average molecular weight is 356 g/mol. The molecule has 2 rings (SSSR count). The van der Waals surface area contributed by atoms with E-state index in [1.807, 2.05) is 4.90 Å². The standard InChI is InChI=1S/C17H23ClFN3O2/c1-2-3-6-20-16(23)12-21-7-9-22(10-8-21)17(24)14-5-4-13(19)11-15(14)18/h4-5,11H,2-3,6-10,12H2,1H3,(H,20,23). The summed E-state index contributed by atoms with van der Waals surface area (Å²) in [6, 6.07) is 3.79. The minimum absolute atomic E-state index is 0.0183. The molecule has 0 spiro atoms. The molecule has 2 amide bonds. The molecular weight excluding hydrogens is 333 g/mol. The summed E-state index contributed by atoms with van der Waals surface area (Å²) < 4.78 is 13.1. The zero-order chi connectivity index (χ0) is 17.5. The second-order valence-electron chi connectivity index (χ2n) is 5.90. The molecule has 24 heavy (non-hydrogen) atoms. The van der Waals surface area contributed by atoms with Crippen LogP contribution in [0.5, 0.6) is 0 Å². The van der Waals surface area contributed by atoms with Crippen molar-refractivity contribution in [2.24, 2.45) is 0 Å². The van der Waals surface area contributed by atoms with Crippen molar-refractivity contribution in [3.63, 3.8) is 0 Å². The van der Waals surface area contributed by atoms with Gasteiger partial charge in [-0.1, -0.05) is 24.9 Å². The molecule has 1 N–H and O–H groups in total. The smallest absolute Gasteiger partial charge is 0.255 e. The van der Waals surface area contributed by atoms with Crippen LogP contribution in [-0.2, 0) is 4.79 Å². The molecule has 0 saturated carbocycles. The second kappa shape index (κ2) is 8.99. The van der Waals surface area contributed by atoms with E-state index in [1.165, 1.54) is 12.1 Å². The lowest BCUT2D eigenvalue weighted by Crippen LogP contribution is -2.51. The minimum atomic E-state index is -0.463. The van der Waals surface area contributed by atoms with Crippen LogP contribution in [0.3, 0.4) is 0 Å². The fraction of sp³-hybridized carbons (Fsp3) is 0.529. The molecule has 1 fully saturated rings. The Kier molecular flexibility index (Phi) is 6.99. The van der Waals surface area contributed by atoms with E-state index in [1.54, 1.807) is 4.90 Å². The fourth-order valence-corrected chi connectivity index (χ4v) is 2.85. The van der Waals surface area contributed by atoms with Gasteiger partial charge in [0.2, 0.25) is 5.91 Å². The first kappa shape index (κ1) is 18.7. The van der Waals surface area contributed by atoms with E-state index in [0.717, 1.165) is 18.9 Å². The molecule has 1 aromatic rings. The van der Waals surface area contributed by atoms with Crippen LogP contribution in [0.1, 0.15) is 30.1 Å². The summed E-state index contributed by atoms with van der Waals surface area (Å²) in [5, 5.41) is 3.01. The predicted molar refractivity (Wildman–Crippen MR) is 91.7 cm³/mol. The van der Waals surface area contributed by atoms with Crippen LogP contribution in [0, 0.1) is 5.82 Å². The van der Waals surface area contributed by atoms with Crippen molar-refractivity contribution in [1.29, 1.82) is 0 Å². The van der Waals surface area contributed by atoms with Gasteiger partial charge in [0.05, 0.1) is 17.1 Å². The maximum Gasteiger partial charge on any atom is 0.255 e. The Hall–Kier alpha value is -1.66. The Bertz CT molecular complexity index is 589. The zero-order valence-electron chi connectivity index (χ0n) is 13.9. The van der Waals surface area contributed by atoms with Gasteiger partial charge in [0.1, 0.15) is 5.82 Å². The van der Waals surface area contributed by atoms with Crippen molar-refractivity contribution >= 4 is 23.4 Å². The number of unbranched alkanes of at least 4 members (excludes halogenated alkanes) is 1. The van der Waals surface area contributed by atoms with Gasteiger partial charge in [-0.2, -0.15) is 0 Å². The zero-order valence-corrected chi connectivity index (χ0v) is 14.6. The lowest BCUT2D eigenvalue weighted by molar-refractivity contribution is -0.122. The first-order chi connectivity index (χ1) is 11.5. The van der Waals surface area contributed by atoms with Gasteiger partial charge in [-0.3, -0.25) is 14.5 Å². The third-order valence-electron chi connectivity index (χ3n) is 4.04. The Balaban J connectivity index is 1.81. The molecule has 1 aliphatic rings. The van der Waals surface area contributed by atoms with Crippen LogP contribution < -0.4 is 5.32 Å². The van der Waals surface area contributed by atoms with Crippen molar-refractivity contribution in [3.8, 4) is 0 Å². The molecule has 0 bridgehead atoms. The summed E-state index contributed by atoms with van der Waals surface area (Å²) >= 11 is 5.95. The van der Waals surface area contributed by atoms with E-state index in [0.29, 0.717) is 44.8 Å². The van der Waals surface area contributed by atoms with Crippen molar-refractivity contribution < 1.29 is 14.0 Å². The maximum atomic E-state index is 13.1. The number of carbonyl (C=O) groups excluding carboxylic acids is 2. The molecule has 7 heteroatoms. The van der Waals surface area contributed by atoms with E-state index in [-0.39, 0.29) is 16.8 Å². The van der Waals surface area contributed by atoms with Gasteiger partial charge < -0.3 is 10.2 Å². The highest BCUT2D eigenvalue weighted by Crippen LogP contribution is 2.19. The van der Waals surface area contributed by atoms with Gasteiger partial charge in [0.15, 0.2) is 0 Å². The van der Waals surface area contributed by atoms with Crippen molar-refractivity contribution in [2.45, 2.75) is 19.8 Å². The monoisotopic (exact) mass is 355 g/mol. The molecule has 0 unspecified atom stereocenters. The summed E-state index contributed by atoms with van der Waals surface area (Å²) in [5.74, 6) is -0.646. The topological polar surface area (TPSA) is 52.7 Å². The Labute approximate surface area is 146 Å². The number of rotatable bonds is 6. The average Bonchev–Trinajstić information content (AvgIpc) is 2.55. The molecule has 0 atom stereocenters. The largest absolute Gasteiger partial charge is 0.355 e. The lowest BCUT2D eigenvalue weighted by atomic mass is 10.1. The van der Waals surface area contributed by atoms with Crippen molar-refractivity contribution in [1.82, 2.24) is 15.1 Å². The van der Waals surface area contributed by atoms with Crippen LogP contribution in [0.25, 0.3) is 0 Å². The number of nitrogens with zero attached hydrogens (tertiary/aromatic N) is 2. The number of hydrogen-bond acceptors (Lipinski definition) is 3. The molecule has 132 valence electrons. The number of hydrogen-bond donors (Lipinski definition) is 1. The van der Waals surface area contributed by atoms with E-state index in [4.69, 9.17) is 11.6 Å². The van der Waals surface area contributed by atoms with E-state index < -0.39 is 5.82 Å². The summed E-state index contributed by atoms with van der Waals surface area (Å²) in [6.07, 6.45) is 2.03. The number of piperazine rings is 1. The molecule has 0 radical (unpaired) electrons. The highest BCUT2D eigenvalue weighted by molar-refractivity contribution is 6.33.